The van der Waals surface area contributed by atoms with Gasteiger partial charge in [0.05, 0.1) is 5.69 Å². The van der Waals surface area contributed by atoms with Gasteiger partial charge < -0.3 is 15.3 Å². The molecule has 0 radical (unpaired) electrons. The Hall–Kier alpha value is -4.07. The number of anilines is 1. The number of hydrogen-bond donors (Lipinski definition) is 2. The fraction of sp³-hybridized carbons (Fsp3) is 0.321. The maximum atomic E-state index is 13.0. The van der Waals surface area contributed by atoms with E-state index >= 15 is 0 Å². The highest BCUT2D eigenvalue weighted by Gasteiger charge is 2.38. The number of aliphatic carboxylic acids is 1. The van der Waals surface area contributed by atoms with E-state index in [2.05, 4.69) is 36.3 Å². The van der Waals surface area contributed by atoms with Crippen LogP contribution in [0.4, 0.5) is 5.82 Å². The summed E-state index contributed by atoms with van der Waals surface area (Å²) in [7, 11) is 0. The van der Waals surface area contributed by atoms with Gasteiger partial charge in [-0.05, 0) is 52.8 Å². The van der Waals surface area contributed by atoms with E-state index in [1.165, 1.54) is 4.90 Å². The Morgan fingerprint density at radius 2 is 1.69 bits per heavy atom. The van der Waals surface area contributed by atoms with E-state index in [9.17, 15) is 19.5 Å². The minimum atomic E-state index is -1.01. The average Bonchev–Trinajstić information content (AvgIpc) is 3.14. The molecule has 36 heavy (non-hydrogen) atoms. The molecule has 0 saturated heterocycles. The van der Waals surface area contributed by atoms with Crippen molar-refractivity contribution in [1.29, 1.82) is 0 Å². The summed E-state index contributed by atoms with van der Waals surface area (Å²) in [4.78, 5) is 38.7. The van der Waals surface area contributed by atoms with Gasteiger partial charge in [0.2, 0.25) is 0 Å². The van der Waals surface area contributed by atoms with E-state index in [0.29, 0.717) is 28.2 Å². The van der Waals surface area contributed by atoms with Gasteiger partial charge in [0.1, 0.15) is 6.04 Å². The first-order valence-corrected chi connectivity index (χ1v) is 11.9. The van der Waals surface area contributed by atoms with Crippen molar-refractivity contribution >= 4 is 23.6 Å². The number of carboxylic acid groups (broad SMARTS) is 1. The molecule has 0 fully saturated rings. The van der Waals surface area contributed by atoms with E-state index < -0.39 is 12.0 Å². The Labute approximate surface area is 210 Å². The summed E-state index contributed by atoms with van der Waals surface area (Å²) in [6, 6.07) is 15.3. The number of hydrogen-bond acceptors (Lipinski definition) is 5. The van der Waals surface area contributed by atoms with Crippen molar-refractivity contribution in [3.63, 3.8) is 0 Å². The minimum Gasteiger partial charge on any atom is -0.480 e. The summed E-state index contributed by atoms with van der Waals surface area (Å²) in [5.74, 6) is -1.50. The van der Waals surface area contributed by atoms with Crippen molar-refractivity contribution in [2.45, 2.75) is 52.6 Å². The van der Waals surface area contributed by atoms with Crippen molar-refractivity contribution in [2.24, 2.45) is 5.92 Å². The van der Waals surface area contributed by atoms with Crippen LogP contribution < -0.4 is 5.32 Å². The average molecular weight is 487 g/mol. The van der Waals surface area contributed by atoms with Crippen molar-refractivity contribution in [3.8, 4) is 11.3 Å². The quantitative estimate of drug-likeness (QED) is 0.520. The van der Waals surface area contributed by atoms with Crippen LogP contribution in [0.1, 0.15) is 66.5 Å². The van der Waals surface area contributed by atoms with Gasteiger partial charge in [-0.25, -0.2) is 4.79 Å². The van der Waals surface area contributed by atoms with Gasteiger partial charge in [-0.15, -0.1) is 10.2 Å². The van der Waals surface area contributed by atoms with Crippen LogP contribution in [0.5, 0.6) is 0 Å². The van der Waals surface area contributed by atoms with Crippen LogP contribution in [0.25, 0.3) is 11.3 Å². The standard InChI is InChI=1S/C28H30N4O4/c1-16(2)24(27(35)36)32-15-19-7-6-18(14-21(19)26(32)34)22-12-13-23(31-30-22)29-25(33)17-8-10-20(11-9-17)28(3,4)5/h6-14,16,24H,15H2,1-5H3,(H,35,36)(H,29,31,33). The normalized spacial score (nSPS) is 14.1. The van der Waals surface area contributed by atoms with E-state index in [1.54, 1.807) is 44.2 Å². The zero-order valence-corrected chi connectivity index (χ0v) is 21.1. The molecule has 1 aliphatic heterocycles. The summed E-state index contributed by atoms with van der Waals surface area (Å²) in [5, 5.41) is 20.7. The van der Waals surface area contributed by atoms with Gasteiger partial charge in [0, 0.05) is 23.2 Å². The second-order valence-electron chi connectivity index (χ2n) is 10.4. The van der Waals surface area contributed by atoms with Crippen LogP contribution in [0.3, 0.4) is 0 Å². The molecule has 8 nitrogen and oxygen atoms in total. The molecule has 1 aliphatic rings. The third-order valence-electron chi connectivity index (χ3n) is 6.38. The zero-order chi connectivity index (χ0) is 26.2. The minimum absolute atomic E-state index is 0.00314. The summed E-state index contributed by atoms with van der Waals surface area (Å²) in [6.07, 6.45) is 0. The Bertz CT molecular complexity index is 1310. The van der Waals surface area contributed by atoms with Crippen LogP contribution in [-0.4, -0.2) is 44.0 Å². The second-order valence-corrected chi connectivity index (χ2v) is 10.4. The third-order valence-corrected chi connectivity index (χ3v) is 6.38. The SMILES string of the molecule is CC(C)C(C(=O)O)N1Cc2ccc(-c3ccc(NC(=O)c4ccc(C(C)(C)C)cc4)nn3)cc2C1=O. The fourth-order valence-electron chi connectivity index (χ4n) is 4.35. The highest BCUT2D eigenvalue weighted by atomic mass is 16.4. The fourth-order valence-corrected chi connectivity index (χ4v) is 4.35. The lowest BCUT2D eigenvalue weighted by molar-refractivity contribution is -0.144. The van der Waals surface area contributed by atoms with Gasteiger partial charge in [-0.1, -0.05) is 58.9 Å². The number of rotatable bonds is 6. The molecule has 1 unspecified atom stereocenters. The Kier molecular flexibility index (Phi) is 6.63. The van der Waals surface area contributed by atoms with E-state index in [4.69, 9.17) is 0 Å². The lowest BCUT2D eigenvalue weighted by Crippen LogP contribution is -2.44. The summed E-state index contributed by atoms with van der Waals surface area (Å²) < 4.78 is 0. The lowest BCUT2D eigenvalue weighted by atomic mass is 9.87. The number of carbonyl (C=O) groups excluding carboxylic acids is 2. The topological polar surface area (TPSA) is 112 Å². The van der Waals surface area contributed by atoms with Gasteiger partial charge >= 0.3 is 5.97 Å². The van der Waals surface area contributed by atoms with Crippen molar-refractivity contribution < 1.29 is 19.5 Å². The van der Waals surface area contributed by atoms with Gasteiger partial charge in [-0.2, -0.15) is 0 Å². The number of nitrogens with one attached hydrogen (secondary N) is 1. The van der Waals surface area contributed by atoms with E-state index in [1.807, 2.05) is 24.3 Å². The van der Waals surface area contributed by atoms with Gasteiger partial charge in [-0.3, -0.25) is 9.59 Å². The molecule has 0 saturated carbocycles. The molecule has 2 N–H and O–H groups in total. The van der Waals surface area contributed by atoms with Crippen LogP contribution in [0.2, 0.25) is 0 Å². The van der Waals surface area contributed by atoms with Crippen molar-refractivity contribution in [2.75, 3.05) is 5.32 Å². The highest BCUT2D eigenvalue weighted by Crippen LogP contribution is 2.31. The summed E-state index contributed by atoms with van der Waals surface area (Å²) in [5.41, 5.74) is 4.14. The smallest absolute Gasteiger partial charge is 0.326 e. The number of benzene rings is 2. The van der Waals surface area contributed by atoms with Gasteiger partial charge in [0.15, 0.2) is 5.82 Å². The van der Waals surface area contributed by atoms with Crippen LogP contribution in [0, 0.1) is 5.92 Å². The highest BCUT2D eigenvalue weighted by molar-refractivity contribution is 6.04. The predicted octanol–water partition coefficient (Wildman–Crippen LogP) is 4.76. The van der Waals surface area contributed by atoms with Crippen LogP contribution >= 0.6 is 0 Å². The molecule has 0 spiro atoms. The molecule has 186 valence electrons. The van der Waals surface area contributed by atoms with Gasteiger partial charge in [0.25, 0.3) is 11.8 Å². The predicted molar refractivity (Wildman–Crippen MR) is 137 cm³/mol. The molecule has 0 bridgehead atoms. The molecule has 1 atom stereocenters. The molecule has 2 aromatic carbocycles. The maximum absolute atomic E-state index is 13.0. The molecule has 2 heterocycles. The molecule has 0 aliphatic carbocycles. The lowest BCUT2D eigenvalue weighted by Gasteiger charge is -2.27. The molecule has 8 heteroatoms. The summed E-state index contributed by atoms with van der Waals surface area (Å²) >= 11 is 0. The monoisotopic (exact) mass is 486 g/mol. The number of carboxylic acids is 1. The number of nitrogens with zero attached hydrogens (tertiary/aromatic N) is 3. The van der Waals surface area contributed by atoms with Crippen molar-refractivity contribution in [3.05, 3.63) is 76.9 Å². The maximum Gasteiger partial charge on any atom is 0.326 e. The molecule has 4 rings (SSSR count). The molecular weight excluding hydrogens is 456 g/mol. The van der Waals surface area contributed by atoms with Crippen LogP contribution in [0.15, 0.2) is 54.6 Å². The third kappa shape index (κ3) is 4.98. The largest absolute Gasteiger partial charge is 0.480 e. The van der Waals surface area contributed by atoms with Crippen LogP contribution in [-0.2, 0) is 16.8 Å². The first kappa shape index (κ1) is 25.0. The first-order valence-electron chi connectivity index (χ1n) is 11.9. The van der Waals surface area contributed by atoms with E-state index in [-0.39, 0.29) is 29.7 Å². The summed E-state index contributed by atoms with van der Waals surface area (Å²) in [6.45, 7) is 10.2. The molecule has 1 aromatic heterocycles. The molecule has 3 aromatic rings. The second kappa shape index (κ2) is 9.53. The molecule has 2 amide bonds. The van der Waals surface area contributed by atoms with E-state index in [0.717, 1.165) is 11.1 Å². The number of fused-ring (bicyclic) bond motifs is 1. The van der Waals surface area contributed by atoms with Crippen molar-refractivity contribution in [1.82, 2.24) is 15.1 Å². The number of carbonyl (C=O) groups is 3. The Morgan fingerprint density at radius 1 is 1.00 bits per heavy atom. The molecular formula is C28H30N4O4. The Balaban J connectivity index is 1.48. The zero-order valence-electron chi connectivity index (χ0n) is 21.1. The Morgan fingerprint density at radius 3 is 2.25 bits per heavy atom. The number of aromatic nitrogens is 2. The number of amides is 2. The first-order chi connectivity index (χ1) is 17.0.